The number of nitrogens with zero attached hydrogens (tertiary/aromatic N) is 2. The molecule has 17 heavy (non-hydrogen) atoms. The predicted molar refractivity (Wildman–Crippen MR) is 59.9 cm³/mol. The molecule has 1 rings (SSSR count). The van der Waals surface area contributed by atoms with E-state index < -0.39 is 32.0 Å². The number of hydrogen-bond acceptors (Lipinski definition) is 5. The minimum absolute atomic E-state index is 0.128. The molecule has 0 saturated heterocycles. The number of non-ortho nitro benzene ring substituents is 1. The third-order valence-corrected chi connectivity index (χ3v) is 2.92. The Bertz CT molecular complexity index is 563. The predicted octanol–water partition coefficient (Wildman–Crippen LogP) is 1.91. The molecule has 0 radical (unpaired) electrons. The Hall–Kier alpha value is -2.31. The van der Waals surface area contributed by atoms with Crippen LogP contribution in [0, 0.1) is 20.2 Å². The molecule has 0 fully saturated rings. The fourth-order valence-electron chi connectivity index (χ4n) is 1.07. The zero-order chi connectivity index (χ0) is 13.0. The lowest BCUT2D eigenvalue weighted by Gasteiger charge is -1.98. The molecule has 0 saturated carbocycles. The molecule has 1 aromatic rings. The van der Waals surface area contributed by atoms with Gasteiger partial charge in [0, 0.05) is 11.5 Å². The Labute approximate surface area is 97.8 Å². The maximum atomic E-state index is 11.5. The minimum atomic E-state index is -1.80. The van der Waals surface area contributed by atoms with Crippen molar-refractivity contribution in [2.45, 2.75) is 4.90 Å². The molecular formula is C9H6N2O5S. The highest BCUT2D eigenvalue weighted by Gasteiger charge is 2.22. The van der Waals surface area contributed by atoms with Gasteiger partial charge in [0.1, 0.15) is 4.90 Å². The van der Waals surface area contributed by atoms with E-state index in [4.69, 9.17) is 0 Å². The Kier molecular flexibility index (Phi) is 3.86. The van der Waals surface area contributed by atoms with Gasteiger partial charge in [-0.25, -0.2) is 4.21 Å². The molecule has 0 aliphatic rings. The molecule has 1 atom stereocenters. The summed E-state index contributed by atoms with van der Waals surface area (Å²) in [5.41, 5.74) is 1.24. The second kappa shape index (κ2) is 5.15. The van der Waals surface area contributed by atoms with Crippen LogP contribution in [0.5, 0.6) is 0 Å². The molecule has 8 heteroatoms. The molecule has 0 aliphatic heterocycles. The summed E-state index contributed by atoms with van der Waals surface area (Å²) < 4.78 is 11.5. The first-order chi connectivity index (χ1) is 7.97. The van der Waals surface area contributed by atoms with Crippen LogP contribution < -0.4 is 0 Å². The molecule has 0 aromatic heterocycles. The lowest BCUT2D eigenvalue weighted by Crippen LogP contribution is -1.98. The Morgan fingerprint density at radius 1 is 1.29 bits per heavy atom. The second-order valence-corrected chi connectivity index (χ2v) is 4.06. The standard InChI is InChI=1S/C9H6N2O5S/c1-2-5-17(16)9-4-3-7(10(12)13)6-8(9)11(14)15/h3-6H,1H2. The van der Waals surface area contributed by atoms with Gasteiger partial charge in [-0.1, -0.05) is 6.58 Å². The van der Waals surface area contributed by atoms with Crippen molar-refractivity contribution in [2.75, 3.05) is 0 Å². The van der Waals surface area contributed by atoms with E-state index in [1.54, 1.807) is 0 Å². The summed E-state index contributed by atoms with van der Waals surface area (Å²) in [5.74, 6) is 0. The van der Waals surface area contributed by atoms with Gasteiger partial charge in [-0.3, -0.25) is 20.2 Å². The van der Waals surface area contributed by atoms with Crippen molar-refractivity contribution >= 4 is 22.2 Å². The molecule has 0 aliphatic carbocycles. The van der Waals surface area contributed by atoms with Gasteiger partial charge in [0.15, 0.2) is 0 Å². The van der Waals surface area contributed by atoms with E-state index in [-0.39, 0.29) is 4.90 Å². The van der Waals surface area contributed by atoms with Gasteiger partial charge in [-0.2, -0.15) is 0 Å². The maximum Gasteiger partial charge on any atom is 0.292 e. The highest BCUT2D eigenvalue weighted by atomic mass is 32.2. The number of nitro groups is 2. The van der Waals surface area contributed by atoms with Gasteiger partial charge in [0.2, 0.25) is 0 Å². The summed E-state index contributed by atoms with van der Waals surface area (Å²) in [7, 11) is -1.80. The van der Waals surface area contributed by atoms with E-state index >= 15 is 0 Å². The summed E-state index contributed by atoms with van der Waals surface area (Å²) in [6.07, 6.45) is 0. The highest BCUT2D eigenvalue weighted by Crippen LogP contribution is 2.27. The highest BCUT2D eigenvalue weighted by molar-refractivity contribution is 7.88. The van der Waals surface area contributed by atoms with Gasteiger partial charge in [-0.15, -0.1) is 5.73 Å². The summed E-state index contributed by atoms with van der Waals surface area (Å²) in [5, 5.41) is 22.2. The van der Waals surface area contributed by atoms with Crippen molar-refractivity contribution in [1.29, 1.82) is 0 Å². The zero-order valence-electron chi connectivity index (χ0n) is 8.36. The van der Waals surface area contributed by atoms with Crippen molar-refractivity contribution in [1.82, 2.24) is 0 Å². The lowest BCUT2D eigenvalue weighted by atomic mass is 10.3. The lowest BCUT2D eigenvalue weighted by molar-refractivity contribution is -0.396. The van der Waals surface area contributed by atoms with Crippen molar-refractivity contribution in [3.05, 3.63) is 56.1 Å². The van der Waals surface area contributed by atoms with Crippen LogP contribution in [0.1, 0.15) is 0 Å². The first kappa shape index (κ1) is 12.8. The van der Waals surface area contributed by atoms with E-state index in [0.29, 0.717) is 0 Å². The Balaban J connectivity index is 3.41. The molecule has 0 N–H and O–H groups in total. The average molecular weight is 254 g/mol. The van der Waals surface area contributed by atoms with Crippen LogP contribution >= 0.6 is 0 Å². The number of benzene rings is 1. The average Bonchev–Trinajstić information content (AvgIpc) is 2.28. The fraction of sp³-hybridized carbons (Fsp3) is 0. The molecule has 1 unspecified atom stereocenters. The molecule has 1 aromatic carbocycles. The van der Waals surface area contributed by atoms with Crippen molar-refractivity contribution in [3.8, 4) is 0 Å². The first-order valence-corrected chi connectivity index (χ1v) is 5.38. The van der Waals surface area contributed by atoms with Crippen LogP contribution in [0.15, 0.2) is 40.8 Å². The van der Waals surface area contributed by atoms with Gasteiger partial charge >= 0.3 is 0 Å². The topological polar surface area (TPSA) is 103 Å². The van der Waals surface area contributed by atoms with Crippen molar-refractivity contribution in [3.63, 3.8) is 0 Å². The van der Waals surface area contributed by atoms with Gasteiger partial charge < -0.3 is 0 Å². The molecule has 0 bridgehead atoms. The van der Waals surface area contributed by atoms with Crippen LogP contribution in [0.4, 0.5) is 11.4 Å². The Morgan fingerprint density at radius 3 is 2.41 bits per heavy atom. The van der Waals surface area contributed by atoms with E-state index in [9.17, 15) is 24.4 Å². The molecule has 0 heterocycles. The van der Waals surface area contributed by atoms with E-state index in [1.165, 1.54) is 0 Å². The molecular weight excluding hydrogens is 248 g/mol. The number of rotatable bonds is 4. The third-order valence-electron chi connectivity index (χ3n) is 1.76. The van der Waals surface area contributed by atoms with Gasteiger partial charge in [0.05, 0.1) is 26.7 Å². The maximum absolute atomic E-state index is 11.5. The summed E-state index contributed by atoms with van der Waals surface area (Å²) in [6, 6.07) is 2.90. The Morgan fingerprint density at radius 2 is 1.94 bits per heavy atom. The van der Waals surface area contributed by atoms with Crippen LogP contribution in [0.25, 0.3) is 0 Å². The third kappa shape index (κ3) is 2.83. The first-order valence-electron chi connectivity index (χ1n) is 4.16. The monoisotopic (exact) mass is 254 g/mol. The fourth-order valence-corrected chi connectivity index (χ4v) is 1.89. The van der Waals surface area contributed by atoms with Gasteiger partial charge in [-0.05, 0) is 6.07 Å². The van der Waals surface area contributed by atoms with Crippen molar-refractivity contribution < 1.29 is 14.1 Å². The van der Waals surface area contributed by atoms with Gasteiger partial charge in [0.25, 0.3) is 11.4 Å². The van der Waals surface area contributed by atoms with Crippen LogP contribution in [-0.4, -0.2) is 14.1 Å². The molecule has 0 spiro atoms. The van der Waals surface area contributed by atoms with E-state index in [0.717, 1.165) is 23.6 Å². The van der Waals surface area contributed by atoms with E-state index in [1.807, 2.05) is 0 Å². The van der Waals surface area contributed by atoms with Crippen molar-refractivity contribution in [2.24, 2.45) is 0 Å². The molecule has 0 amide bonds. The zero-order valence-corrected chi connectivity index (χ0v) is 9.18. The smallest absolute Gasteiger partial charge is 0.258 e. The minimum Gasteiger partial charge on any atom is -0.258 e. The summed E-state index contributed by atoms with van der Waals surface area (Å²) >= 11 is 0. The molecule has 88 valence electrons. The van der Waals surface area contributed by atoms with E-state index in [2.05, 4.69) is 12.3 Å². The summed E-state index contributed by atoms with van der Waals surface area (Å²) in [4.78, 5) is 19.5. The van der Waals surface area contributed by atoms with Crippen LogP contribution in [-0.2, 0) is 10.8 Å². The van der Waals surface area contributed by atoms with Crippen LogP contribution in [0.2, 0.25) is 0 Å². The molecule has 7 nitrogen and oxygen atoms in total. The normalized spacial score (nSPS) is 11.3. The number of nitro benzene ring substituents is 2. The largest absolute Gasteiger partial charge is 0.292 e. The SMILES string of the molecule is C=C=CS(=O)c1ccc([N+](=O)[O-])cc1[N+](=O)[O-]. The summed E-state index contributed by atoms with van der Waals surface area (Å²) in [6.45, 7) is 3.19. The second-order valence-electron chi connectivity index (χ2n) is 2.79. The van der Waals surface area contributed by atoms with Crippen LogP contribution in [0.3, 0.4) is 0 Å². The quantitative estimate of drug-likeness (QED) is 0.463. The number of hydrogen-bond donors (Lipinski definition) is 0.